The molecule has 1 heteroatoms. The van der Waals surface area contributed by atoms with Crippen LogP contribution < -0.4 is 0 Å². The molecule has 266 valence electrons. The number of hydrogen-bond donors (Lipinski definition) is 0. The molecule has 1 aromatic heterocycles. The molecule has 8 aromatic rings. The van der Waals surface area contributed by atoms with E-state index in [4.69, 9.17) is 0 Å². The van der Waals surface area contributed by atoms with Gasteiger partial charge in [-0.25, -0.2) is 0 Å². The summed E-state index contributed by atoms with van der Waals surface area (Å²) < 4.78 is 1.41. The average Bonchev–Trinajstić information content (AvgIpc) is 3.72. The third-order valence-corrected chi connectivity index (χ3v) is 14.4. The van der Waals surface area contributed by atoms with Crippen LogP contribution in [0.15, 0.2) is 163 Å². The van der Waals surface area contributed by atoms with Gasteiger partial charge < -0.3 is 0 Å². The first-order valence-electron chi connectivity index (χ1n) is 20.2. The van der Waals surface area contributed by atoms with Gasteiger partial charge in [0, 0.05) is 20.9 Å². The molecule has 0 fully saturated rings. The van der Waals surface area contributed by atoms with Crippen molar-refractivity contribution in [2.24, 2.45) is 5.92 Å². The molecule has 0 radical (unpaired) electrons. The zero-order valence-electron chi connectivity index (χ0n) is 31.7. The molecule has 4 aliphatic rings. The van der Waals surface area contributed by atoms with Gasteiger partial charge in [0.1, 0.15) is 0 Å². The minimum absolute atomic E-state index is 0.0691. The molecule has 0 nitrogen and oxygen atoms in total. The molecular formula is C55H40S. The van der Waals surface area contributed by atoms with Gasteiger partial charge in [0.05, 0.1) is 0 Å². The summed E-state index contributed by atoms with van der Waals surface area (Å²) in [4.78, 5) is 1.44. The van der Waals surface area contributed by atoms with E-state index in [1.165, 1.54) is 114 Å². The summed E-state index contributed by atoms with van der Waals surface area (Å²) in [6.07, 6.45) is 21.6. The highest BCUT2D eigenvalue weighted by atomic mass is 32.1. The zero-order chi connectivity index (χ0) is 37.1. The first kappa shape index (κ1) is 32.2. The highest BCUT2D eigenvalue weighted by molar-refractivity contribution is 7.20. The van der Waals surface area contributed by atoms with E-state index in [1.54, 1.807) is 0 Å². The van der Waals surface area contributed by atoms with E-state index in [0.29, 0.717) is 5.92 Å². The Balaban J connectivity index is 1.02. The van der Waals surface area contributed by atoms with Crippen molar-refractivity contribution in [3.63, 3.8) is 0 Å². The van der Waals surface area contributed by atoms with Crippen LogP contribution >= 0.6 is 11.3 Å². The summed E-state index contributed by atoms with van der Waals surface area (Å²) in [7, 11) is 0. The number of rotatable bonds is 3. The highest BCUT2D eigenvalue weighted by Crippen LogP contribution is 2.53. The highest BCUT2D eigenvalue weighted by Gasteiger charge is 2.37. The lowest BCUT2D eigenvalue weighted by atomic mass is 9.78. The van der Waals surface area contributed by atoms with E-state index in [1.807, 2.05) is 11.3 Å². The second kappa shape index (κ2) is 12.0. The van der Waals surface area contributed by atoms with Crippen LogP contribution in [0.5, 0.6) is 0 Å². The minimum atomic E-state index is -0.0691. The second-order valence-corrected chi connectivity index (χ2v) is 17.7. The summed E-state index contributed by atoms with van der Waals surface area (Å²) in [6, 6.07) is 44.4. The van der Waals surface area contributed by atoms with Crippen LogP contribution in [0.4, 0.5) is 0 Å². The third kappa shape index (κ3) is 4.65. The summed E-state index contributed by atoms with van der Waals surface area (Å²) in [5.74, 6) is 0.427. The Bertz CT molecular complexity index is 3130. The number of thiophene rings is 1. The van der Waals surface area contributed by atoms with Crippen LogP contribution in [-0.4, -0.2) is 0 Å². The standard InChI is InChI=1S/C55H40S/c1-55(2)48-26-24-36(30-47(48)54-45-32-51-46(31-37(45)25-27-49(54)55)40-16-9-10-21-50(40)56-51)35-14-11-15-38(29-35)52-41-17-5-7-19-43(41)53(44-20-8-6-18-42(44)52)39-23-22-33-12-3-4-13-34(33)28-39/h3-8,10-15,17-27,29-32,34H,9,16,28H2,1-2H3. The van der Waals surface area contributed by atoms with Gasteiger partial charge >= 0.3 is 0 Å². The van der Waals surface area contributed by atoms with Gasteiger partial charge in [0.25, 0.3) is 0 Å². The van der Waals surface area contributed by atoms with Crippen molar-refractivity contribution < 1.29 is 0 Å². The molecule has 4 aliphatic carbocycles. The lowest BCUT2D eigenvalue weighted by Gasteiger charge is -2.25. The summed E-state index contributed by atoms with van der Waals surface area (Å²) >= 11 is 1.96. The SMILES string of the molecule is CC1(C)c2ccc(-c3cccc(-c4c5ccccc5c(C5=CC=C6C=CC=CC6C5)c5ccccc45)c3)cc2-c2c1ccc1cc3c4c(sc3cc21)C=CCC4. The van der Waals surface area contributed by atoms with E-state index in [0.717, 1.165) is 19.3 Å². The summed E-state index contributed by atoms with van der Waals surface area (Å²) in [5, 5.41) is 9.43. The van der Waals surface area contributed by atoms with Crippen molar-refractivity contribution >= 4 is 65.4 Å². The van der Waals surface area contributed by atoms with Gasteiger partial charge in [-0.05, 0) is 154 Å². The maximum absolute atomic E-state index is 2.50. The number of benzene rings is 7. The molecule has 0 N–H and O–H groups in total. The Morgan fingerprint density at radius 3 is 2.16 bits per heavy atom. The Morgan fingerprint density at radius 2 is 1.34 bits per heavy atom. The predicted octanol–water partition coefficient (Wildman–Crippen LogP) is 15.4. The third-order valence-electron chi connectivity index (χ3n) is 13.3. The number of fused-ring (bicyclic) bond motifs is 11. The summed E-state index contributed by atoms with van der Waals surface area (Å²) in [5.41, 5.74) is 16.4. The van der Waals surface area contributed by atoms with Crippen LogP contribution in [-0.2, 0) is 11.8 Å². The monoisotopic (exact) mass is 732 g/mol. The maximum atomic E-state index is 2.50. The lowest BCUT2D eigenvalue weighted by molar-refractivity contribution is 0.661. The Hall–Kier alpha value is -6.02. The molecule has 1 atom stereocenters. The van der Waals surface area contributed by atoms with Crippen LogP contribution in [0.3, 0.4) is 0 Å². The molecule has 0 saturated heterocycles. The smallest absolute Gasteiger partial charge is 0.0358 e. The van der Waals surface area contributed by atoms with Crippen molar-refractivity contribution in [2.45, 2.75) is 38.5 Å². The Kier molecular flexibility index (Phi) is 6.90. The van der Waals surface area contributed by atoms with Crippen LogP contribution in [0.25, 0.3) is 87.4 Å². The lowest BCUT2D eigenvalue weighted by Crippen LogP contribution is -2.14. The molecule has 0 aliphatic heterocycles. The van der Waals surface area contributed by atoms with E-state index in [-0.39, 0.29) is 5.41 Å². The zero-order valence-corrected chi connectivity index (χ0v) is 32.5. The van der Waals surface area contributed by atoms with Crippen molar-refractivity contribution in [2.75, 3.05) is 0 Å². The number of hydrogen-bond acceptors (Lipinski definition) is 1. The molecule has 0 saturated carbocycles. The molecule has 1 unspecified atom stereocenters. The first-order chi connectivity index (χ1) is 27.5. The topological polar surface area (TPSA) is 0 Å². The Labute approximate surface area is 332 Å². The second-order valence-electron chi connectivity index (χ2n) is 16.7. The van der Waals surface area contributed by atoms with Gasteiger partial charge in [0.15, 0.2) is 0 Å². The average molecular weight is 733 g/mol. The fourth-order valence-electron chi connectivity index (χ4n) is 10.5. The van der Waals surface area contributed by atoms with Crippen LogP contribution in [0, 0.1) is 5.92 Å². The van der Waals surface area contributed by atoms with Crippen molar-refractivity contribution in [3.05, 3.63) is 190 Å². The predicted molar refractivity (Wildman–Crippen MR) is 243 cm³/mol. The molecule has 7 aromatic carbocycles. The van der Waals surface area contributed by atoms with Crippen molar-refractivity contribution in [3.8, 4) is 33.4 Å². The first-order valence-corrected chi connectivity index (χ1v) is 21.0. The number of aryl methyl sites for hydroxylation is 1. The normalized spacial score (nSPS) is 17.6. The van der Waals surface area contributed by atoms with Gasteiger partial charge in [-0.1, -0.05) is 147 Å². The van der Waals surface area contributed by atoms with E-state index < -0.39 is 0 Å². The molecular weight excluding hydrogens is 693 g/mol. The van der Waals surface area contributed by atoms with Gasteiger partial charge in [-0.2, -0.15) is 0 Å². The quantitative estimate of drug-likeness (QED) is 0.159. The fourth-order valence-corrected chi connectivity index (χ4v) is 11.7. The largest absolute Gasteiger partial charge is 0.136 e. The molecule has 56 heavy (non-hydrogen) atoms. The number of allylic oxidation sites excluding steroid dienone is 9. The maximum Gasteiger partial charge on any atom is 0.0358 e. The molecule has 0 amide bonds. The van der Waals surface area contributed by atoms with Crippen molar-refractivity contribution in [1.29, 1.82) is 0 Å². The van der Waals surface area contributed by atoms with Crippen LogP contribution in [0.2, 0.25) is 0 Å². The molecule has 12 rings (SSSR count). The summed E-state index contributed by atoms with van der Waals surface area (Å²) in [6.45, 7) is 4.80. The molecule has 1 heterocycles. The van der Waals surface area contributed by atoms with E-state index in [9.17, 15) is 0 Å². The van der Waals surface area contributed by atoms with E-state index >= 15 is 0 Å². The molecule has 0 spiro atoms. The molecule has 0 bridgehead atoms. The van der Waals surface area contributed by atoms with Gasteiger partial charge in [-0.3, -0.25) is 0 Å². The Morgan fingerprint density at radius 1 is 0.589 bits per heavy atom. The fraction of sp³-hybridized carbons (Fsp3) is 0.127. The minimum Gasteiger partial charge on any atom is -0.136 e. The van der Waals surface area contributed by atoms with Gasteiger partial charge in [0.2, 0.25) is 0 Å². The van der Waals surface area contributed by atoms with Crippen LogP contribution in [0.1, 0.15) is 53.8 Å². The van der Waals surface area contributed by atoms with E-state index in [2.05, 4.69) is 178 Å². The van der Waals surface area contributed by atoms with Gasteiger partial charge in [-0.15, -0.1) is 11.3 Å². The van der Waals surface area contributed by atoms with Crippen molar-refractivity contribution in [1.82, 2.24) is 0 Å².